The van der Waals surface area contributed by atoms with Crippen molar-refractivity contribution in [3.8, 4) is 0 Å². The molecule has 14 heteroatoms. The van der Waals surface area contributed by atoms with Crippen molar-refractivity contribution in [1.29, 1.82) is 0 Å². The van der Waals surface area contributed by atoms with Crippen LogP contribution in [-0.2, 0) is 40.4 Å². The van der Waals surface area contributed by atoms with Crippen LogP contribution >= 0.6 is 0 Å². The molecule has 2 aromatic carbocycles. The van der Waals surface area contributed by atoms with Crippen LogP contribution in [0.25, 0.3) is 0 Å². The van der Waals surface area contributed by atoms with Crippen molar-refractivity contribution < 1.29 is 37.0 Å². The minimum Gasteiger partial charge on any atom is -0.465 e. The lowest BCUT2D eigenvalue weighted by Crippen LogP contribution is -2.49. The highest BCUT2D eigenvalue weighted by Crippen LogP contribution is 2.24. The summed E-state index contributed by atoms with van der Waals surface area (Å²) < 4.78 is 45.6. The van der Waals surface area contributed by atoms with Crippen LogP contribution in [0.5, 0.6) is 0 Å². The van der Waals surface area contributed by atoms with Gasteiger partial charge in [0, 0.05) is 19.3 Å². The van der Waals surface area contributed by atoms with Gasteiger partial charge in [-0.2, -0.15) is 4.72 Å². The first-order valence-corrected chi connectivity index (χ1v) is 17.2. The Morgan fingerprint density at radius 3 is 2.38 bits per heavy atom. The molecule has 2 amide bonds. The Hall–Kier alpha value is -4.53. The van der Waals surface area contributed by atoms with Crippen LogP contribution < -0.4 is 15.4 Å². The van der Waals surface area contributed by atoms with Crippen molar-refractivity contribution in [3.63, 3.8) is 0 Å². The third kappa shape index (κ3) is 10.2. The summed E-state index contributed by atoms with van der Waals surface area (Å²) in [5.41, 5.74) is 2.82. The summed E-state index contributed by atoms with van der Waals surface area (Å²) in [5.74, 6) is -0.744. The molecule has 1 aliphatic rings. The van der Waals surface area contributed by atoms with Gasteiger partial charge in [-0.25, -0.2) is 18.2 Å². The monoisotopic (exact) mass is 681 g/mol. The number of nitrogens with zero attached hydrogens (tertiary/aromatic N) is 2. The summed E-state index contributed by atoms with van der Waals surface area (Å²) in [7, 11) is -4.14. The maximum Gasteiger partial charge on any atom is 0.410 e. The largest absolute Gasteiger partial charge is 0.465 e. The van der Waals surface area contributed by atoms with Gasteiger partial charge >= 0.3 is 12.1 Å². The second-order valence-corrected chi connectivity index (χ2v) is 13.2. The number of hydrogen-bond acceptors (Lipinski definition) is 10. The molecule has 0 aliphatic carbocycles. The minimum absolute atomic E-state index is 0.0268. The molecule has 2 heterocycles. The zero-order valence-corrected chi connectivity index (χ0v) is 28.4. The Labute approximate surface area is 281 Å². The Kier molecular flexibility index (Phi) is 12.9. The van der Waals surface area contributed by atoms with E-state index in [-0.39, 0.29) is 43.8 Å². The summed E-state index contributed by atoms with van der Waals surface area (Å²) in [6.45, 7) is 6.80. The number of hydrogen-bond donors (Lipinski definition) is 3. The standard InChI is InChI=1S/C34H43N5O8S/c1-5-45-33(41)29(38-48(43,44)32-24(3)15-23(2)16-25(32)4)19-37-31(40)22-46-28-17-27(18-36-30-13-9-10-14-35-30)39(20-28)34(42)47-21-26-11-7-6-8-12-26/h6-16,27-29,38H,5,17-22H2,1-4H3,(H,35,36)(H,37,40)/t27-,28+,29-/m0/s1. The number of carbonyl (C=O) groups is 3. The normalized spacial score (nSPS) is 16.6. The fraction of sp³-hybridized carbons (Fsp3) is 0.412. The van der Waals surface area contributed by atoms with E-state index < -0.39 is 40.1 Å². The summed E-state index contributed by atoms with van der Waals surface area (Å²) in [4.78, 5) is 44.6. The number of sulfonamides is 1. The topological polar surface area (TPSA) is 165 Å². The molecule has 13 nitrogen and oxygen atoms in total. The van der Waals surface area contributed by atoms with E-state index in [0.29, 0.717) is 29.9 Å². The van der Waals surface area contributed by atoms with E-state index in [1.165, 1.54) is 0 Å². The molecule has 3 N–H and O–H groups in total. The van der Waals surface area contributed by atoms with Gasteiger partial charge in [-0.3, -0.25) is 9.59 Å². The van der Waals surface area contributed by atoms with E-state index in [4.69, 9.17) is 14.2 Å². The van der Waals surface area contributed by atoms with Gasteiger partial charge in [0.15, 0.2) is 0 Å². The second-order valence-electron chi connectivity index (χ2n) is 11.6. The molecule has 3 aromatic rings. The highest BCUT2D eigenvalue weighted by molar-refractivity contribution is 7.89. The van der Waals surface area contributed by atoms with Gasteiger partial charge in [0.1, 0.15) is 25.1 Å². The number of anilines is 1. The van der Waals surface area contributed by atoms with Crippen LogP contribution in [0.4, 0.5) is 10.6 Å². The van der Waals surface area contributed by atoms with Gasteiger partial charge in [0.05, 0.1) is 30.2 Å². The molecule has 0 unspecified atom stereocenters. The van der Waals surface area contributed by atoms with Crippen molar-refractivity contribution in [2.24, 2.45) is 0 Å². The predicted molar refractivity (Wildman–Crippen MR) is 179 cm³/mol. The molecule has 1 aliphatic heterocycles. The SMILES string of the molecule is CCOC(=O)[C@H](CNC(=O)CO[C@@H]1C[C@@H](CNc2ccccn2)N(C(=O)OCc2ccccc2)C1)NS(=O)(=O)c1c(C)cc(C)cc1C. The average molecular weight is 682 g/mol. The maximum absolute atomic E-state index is 13.3. The first-order chi connectivity index (χ1) is 23.0. The quantitative estimate of drug-likeness (QED) is 0.203. The highest BCUT2D eigenvalue weighted by atomic mass is 32.2. The molecular formula is C34H43N5O8S. The zero-order valence-electron chi connectivity index (χ0n) is 27.6. The van der Waals surface area contributed by atoms with Crippen molar-refractivity contribution in [2.75, 3.05) is 38.2 Å². The average Bonchev–Trinajstić information content (AvgIpc) is 3.47. The van der Waals surface area contributed by atoms with Gasteiger partial charge in [-0.1, -0.05) is 54.1 Å². The van der Waals surface area contributed by atoms with Crippen molar-refractivity contribution in [3.05, 3.63) is 89.1 Å². The van der Waals surface area contributed by atoms with Gasteiger partial charge < -0.3 is 29.7 Å². The van der Waals surface area contributed by atoms with Crippen molar-refractivity contribution in [1.82, 2.24) is 19.9 Å². The van der Waals surface area contributed by atoms with Crippen molar-refractivity contribution in [2.45, 2.75) is 63.8 Å². The van der Waals surface area contributed by atoms with Gasteiger partial charge in [0.2, 0.25) is 15.9 Å². The lowest BCUT2D eigenvalue weighted by molar-refractivity contribution is -0.145. The number of pyridine rings is 1. The molecule has 4 rings (SSSR count). The molecule has 258 valence electrons. The fourth-order valence-corrected chi connectivity index (χ4v) is 7.25. The first-order valence-electron chi connectivity index (χ1n) is 15.7. The number of aromatic nitrogens is 1. The number of amides is 2. The van der Waals surface area contributed by atoms with Crippen LogP contribution in [-0.4, -0.2) is 87.3 Å². The lowest BCUT2D eigenvalue weighted by Gasteiger charge is -2.24. The third-order valence-electron chi connectivity index (χ3n) is 7.69. The van der Waals surface area contributed by atoms with E-state index in [9.17, 15) is 22.8 Å². The van der Waals surface area contributed by atoms with Gasteiger partial charge in [-0.05, 0) is 62.9 Å². The molecule has 1 saturated heterocycles. The maximum atomic E-state index is 13.3. The number of likely N-dealkylation sites (tertiary alicyclic amines) is 1. The van der Waals surface area contributed by atoms with Crippen LogP contribution in [0.3, 0.4) is 0 Å². The number of esters is 1. The van der Waals surface area contributed by atoms with Crippen molar-refractivity contribution >= 4 is 33.8 Å². The summed E-state index contributed by atoms with van der Waals surface area (Å²) in [6.07, 6.45) is 1.09. The summed E-state index contributed by atoms with van der Waals surface area (Å²) in [5, 5.41) is 5.80. The number of ether oxygens (including phenoxy) is 3. The van der Waals surface area contributed by atoms with E-state index in [1.54, 1.807) is 50.1 Å². The molecule has 0 saturated carbocycles. The first kappa shape index (κ1) is 36.3. The van der Waals surface area contributed by atoms with E-state index in [1.807, 2.05) is 49.4 Å². The fourth-order valence-electron chi connectivity index (χ4n) is 5.62. The molecule has 0 radical (unpaired) electrons. The Bertz CT molecular complexity index is 1630. The smallest absolute Gasteiger partial charge is 0.410 e. The van der Waals surface area contributed by atoms with E-state index in [2.05, 4.69) is 20.3 Å². The number of aryl methyl sites for hydroxylation is 3. The lowest BCUT2D eigenvalue weighted by atomic mass is 10.1. The molecule has 0 bridgehead atoms. The zero-order chi connectivity index (χ0) is 34.7. The van der Waals surface area contributed by atoms with Crippen LogP contribution in [0.15, 0.2) is 71.8 Å². The van der Waals surface area contributed by atoms with Crippen LogP contribution in [0, 0.1) is 20.8 Å². The van der Waals surface area contributed by atoms with Gasteiger partial charge in [0.25, 0.3) is 0 Å². The number of rotatable bonds is 15. The predicted octanol–water partition coefficient (Wildman–Crippen LogP) is 3.24. The molecular weight excluding hydrogens is 638 g/mol. The molecule has 0 spiro atoms. The summed E-state index contributed by atoms with van der Waals surface area (Å²) in [6, 6.07) is 16.6. The van der Waals surface area contributed by atoms with Crippen LogP contribution in [0.2, 0.25) is 0 Å². The number of carbonyl (C=O) groups excluding carboxylic acids is 3. The second kappa shape index (κ2) is 17.0. The molecule has 1 fully saturated rings. The van der Waals surface area contributed by atoms with Gasteiger partial charge in [-0.15, -0.1) is 0 Å². The third-order valence-corrected chi connectivity index (χ3v) is 9.47. The Balaban J connectivity index is 1.35. The Morgan fingerprint density at radius 2 is 1.71 bits per heavy atom. The molecule has 48 heavy (non-hydrogen) atoms. The number of benzene rings is 2. The van der Waals surface area contributed by atoms with E-state index >= 15 is 0 Å². The molecule has 3 atom stereocenters. The highest BCUT2D eigenvalue weighted by Gasteiger charge is 2.37. The summed E-state index contributed by atoms with van der Waals surface area (Å²) >= 11 is 0. The Morgan fingerprint density at radius 1 is 1.00 bits per heavy atom. The molecule has 1 aromatic heterocycles. The van der Waals surface area contributed by atoms with E-state index in [0.717, 1.165) is 11.1 Å². The van der Waals surface area contributed by atoms with Crippen LogP contribution in [0.1, 0.15) is 35.6 Å². The number of nitrogens with one attached hydrogen (secondary N) is 3. The minimum atomic E-state index is -4.14.